The van der Waals surface area contributed by atoms with Crippen molar-refractivity contribution in [1.29, 1.82) is 0 Å². The lowest BCUT2D eigenvalue weighted by atomic mass is 10.0. The molecule has 106 valence electrons. The molecule has 1 aromatic heterocycles. The predicted molar refractivity (Wildman–Crippen MR) is 81.4 cm³/mol. The smallest absolute Gasteiger partial charge is 0.139 e. The summed E-state index contributed by atoms with van der Waals surface area (Å²) in [5.41, 5.74) is 1.06. The number of hydrogen-bond acceptors (Lipinski definition) is 4. The summed E-state index contributed by atoms with van der Waals surface area (Å²) in [6.07, 6.45) is 2.33. The fourth-order valence-electron chi connectivity index (χ4n) is 2.60. The van der Waals surface area contributed by atoms with Gasteiger partial charge in [0.25, 0.3) is 0 Å². The number of nitrogens with zero attached hydrogens (tertiary/aromatic N) is 2. The molecule has 0 N–H and O–H groups in total. The van der Waals surface area contributed by atoms with Gasteiger partial charge in [-0.25, -0.2) is 0 Å². The molecular weight excluding hydrogens is 292 g/mol. The van der Waals surface area contributed by atoms with Crippen molar-refractivity contribution in [3.8, 4) is 0 Å². The third-order valence-corrected chi connectivity index (χ3v) is 5.40. The maximum absolute atomic E-state index is 6.50. The van der Waals surface area contributed by atoms with Gasteiger partial charge in [-0.05, 0) is 18.4 Å². The molecule has 0 amide bonds. The van der Waals surface area contributed by atoms with Crippen LogP contribution in [0.1, 0.15) is 46.6 Å². The molecule has 0 spiro atoms. The molecule has 1 fully saturated rings. The van der Waals surface area contributed by atoms with E-state index in [0.717, 1.165) is 35.0 Å². The number of aromatic nitrogens is 2. The number of ether oxygens (including phenoxy) is 1. The number of alkyl halides is 1. The van der Waals surface area contributed by atoms with Crippen LogP contribution >= 0.6 is 22.9 Å². The highest BCUT2D eigenvalue weighted by Crippen LogP contribution is 2.38. The highest BCUT2D eigenvalue weighted by Gasteiger charge is 2.31. The molecule has 0 aliphatic carbocycles. The Balaban J connectivity index is 1.80. The van der Waals surface area contributed by atoms with Crippen molar-refractivity contribution < 1.29 is 4.74 Å². The monoisotopic (exact) mass is 308 g/mol. The van der Waals surface area contributed by atoms with Crippen molar-refractivity contribution in [3.05, 3.63) is 45.9 Å². The largest absolute Gasteiger partial charge is 0.377 e. The van der Waals surface area contributed by atoms with Crippen molar-refractivity contribution in [1.82, 2.24) is 10.2 Å². The van der Waals surface area contributed by atoms with Crippen molar-refractivity contribution in [2.24, 2.45) is 0 Å². The summed E-state index contributed by atoms with van der Waals surface area (Å²) in [5, 5.41) is 10.3. The van der Waals surface area contributed by atoms with E-state index in [1.54, 1.807) is 11.3 Å². The van der Waals surface area contributed by atoms with Crippen LogP contribution < -0.4 is 0 Å². The Morgan fingerprint density at radius 1 is 1.35 bits per heavy atom. The first kappa shape index (κ1) is 14.0. The zero-order valence-electron chi connectivity index (χ0n) is 11.3. The van der Waals surface area contributed by atoms with Gasteiger partial charge in [-0.2, -0.15) is 0 Å². The molecule has 2 aromatic rings. The molecule has 1 aliphatic heterocycles. The standard InChI is InChI=1S/C15H17ClN2OS/c1-2-12-11(8-9-19-12)14-17-18-15(20-14)13(16)10-6-4-3-5-7-10/h3-7,11-13H,2,8-9H2,1H3. The van der Waals surface area contributed by atoms with Gasteiger partial charge in [-0.15, -0.1) is 21.8 Å². The van der Waals surface area contributed by atoms with Crippen LogP contribution in [0.3, 0.4) is 0 Å². The second-order valence-electron chi connectivity index (χ2n) is 4.96. The number of halogens is 1. The van der Waals surface area contributed by atoms with Gasteiger partial charge in [0.1, 0.15) is 15.4 Å². The van der Waals surface area contributed by atoms with E-state index in [2.05, 4.69) is 17.1 Å². The highest BCUT2D eigenvalue weighted by atomic mass is 35.5. The van der Waals surface area contributed by atoms with E-state index < -0.39 is 0 Å². The van der Waals surface area contributed by atoms with Crippen molar-refractivity contribution in [2.45, 2.75) is 37.2 Å². The van der Waals surface area contributed by atoms with E-state index in [4.69, 9.17) is 16.3 Å². The molecule has 0 bridgehead atoms. The molecule has 5 heteroatoms. The van der Waals surface area contributed by atoms with Crippen LogP contribution in [0.5, 0.6) is 0 Å². The molecule has 2 heterocycles. The van der Waals surface area contributed by atoms with Gasteiger partial charge >= 0.3 is 0 Å². The lowest BCUT2D eigenvalue weighted by molar-refractivity contribution is 0.100. The molecule has 3 nitrogen and oxygen atoms in total. The molecule has 3 unspecified atom stereocenters. The van der Waals surface area contributed by atoms with E-state index in [0.29, 0.717) is 5.92 Å². The first-order valence-corrected chi connectivity index (χ1v) is 8.18. The van der Waals surface area contributed by atoms with Crippen molar-refractivity contribution >= 4 is 22.9 Å². The maximum Gasteiger partial charge on any atom is 0.139 e. The Morgan fingerprint density at radius 2 is 2.15 bits per heavy atom. The van der Waals surface area contributed by atoms with E-state index >= 15 is 0 Å². The van der Waals surface area contributed by atoms with E-state index in [9.17, 15) is 0 Å². The lowest BCUT2D eigenvalue weighted by Crippen LogP contribution is -2.12. The third-order valence-electron chi connectivity index (χ3n) is 3.69. The number of benzene rings is 1. The summed E-state index contributed by atoms with van der Waals surface area (Å²) >= 11 is 8.12. The molecule has 1 saturated heterocycles. The predicted octanol–water partition coefficient (Wildman–Crippen LogP) is 4.15. The van der Waals surface area contributed by atoms with E-state index in [1.165, 1.54) is 0 Å². The Morgan fingerprint density at radius 3 is 2.90 bits per heavy atom. The molecule has 1 aliphatic rings. The fraction of sp³-hybridized carbons (Fsp3) is 0.467. The molecule has 0 saturated carbocycles. The fourth-order valence-corrected chi connectivity index (χ4v) is 3.96. The van der Waals surface area contributed by atoms with Crippen LogP contribution in [0.15, 0.2) is 30.3 Å². The first-order valence-electron chi connectivity index (χ1n) is 6.93. The van der Waals surface area contributed by atoms with Crippen molar-refractivity contribution in [3.63, 3.8) is 0 Å². The van der Waals surface area contributed by atoms with Gasteiger partial charge in [-0.3, -0.25) is 0 Å². The summed E-state index contributed by atoms with van der Waals surface area (Å²) in [4.78, 5) is 0. The second-order valence-corrected chi connectivity index (χ2v) is 6.44. The van der Waals surface area contributed by atoms with Gasteiger partial charge in [0.15, 0.2) is 0 Å². The summed E-state index contributed by atoms with van der Waals surface area (Å²) in [5.74, 6) is 0.380. The average molecular weight is 309 g/mol. The van der Waals surface area contributed by atoms with Crippen LogP contribution in [0.2, 0.25) is 0 Å². The highest BCUT2D eigenvalue weighted by molar-refractivity contribution is 7.11. The zero-order chi connectivity index (χ0) is 13.9. The minimum Gasteiger partial charge on any atom is -0.377 e. The first-order chi connectivity index (χ1) is 9.79. The Hall–Kier alpha value is -0.970. The number of hydrogen-bond donors (Lipinski definition) is 0. The number of rotatable bonds is 4. The van der Waals surface area contributed by atoms with E-state index in [1.807, 2.05) is 30.3 Å². The molecule has 20 heavy (non-hydrogen) atoms. The van der Waals surface area contributed by atoms with Crippen LogP contribution in [0.25, 0.3) is 0 Å². The SMILES string of the molecule is CCC1OCCC1c1nnc(C(Cl)c2ccccc2)s1. The zero-order valence-corrected chi connectivity index (χ0v) is 12.9. The van der Waals surface area contributed by atoms with Crippen LogP contribution in [0.4, 0.5) is 0 Å². The summed E-state index contributed by atoms with van der Waals surface area (Å²) in [6.45, 7) is 2.97. The third kappa shape index (κ3) is 2.73. The average Bonchev–Trinajstić information content (AvgIpc) is 3.15. The molecular formula is C15H17ClN2OS. The minimum atomic E-state index is -0.218. The summed E-state index contributed by atoms with van der Waals surface area (Å²) in [6, 6.07) is 10.0. The molecule has 3 rings (SSSR count). The van der Waals surface area contributed by atoms with Gasteiger partial charge < -0.3 is 4.74 Å². The molecule has 0 radical (unpaired) electrons. The summed E-state index contributed by atoms with van der Waals surface area (Å²) < 4.78 is 5.73. The van der Waals surface area contributed by atoms with Gasteiger partial charge in [-0.1, -0.05) is 48.6 Å². The van der Waals surface area contributed by atoms with Crippen LogP contribution in [0, 0.1) is 0 Å². The van der Waals surface area contributed by atoms with Crippen molar-refractivity contribution in [2.75, 3.05) is 6.61 Å². The summed E-state index contributed by atoms with van der Waals surface area (Å²) in [7, 11) is 0. The van der Waals surface area contributed by atoms with Gasteiger partial charge in [0.05, 0.1) is 6.10 Å². The lowest BCUT2D eigenvalue weighted by Gasteiger charge is -2.13. The quantitative estimate of drug-likeness (QED) is 0.796. The van der Waals surface area contributed by atoms with Gasteiger partial charge in [0.2, 0.25) is 0 Å². The minimum absolute atomic E-state index is 0.218. The Kier molecular flexibility index (Phi) is 4.34. The Bertz CT molecular complexity index is 560. The second kappa shape index (κ2) is 6.20. The van der Waals surface area contributed by atoms with Crippen LogP contribution in [-0.2, 0) is 4.74 Å². The van der Waals surface area contributed by atoms with Gasteiger partial charge in [0, 0.05) is 12.5 Å². The van der Waals surface area contributed by atoms with Crippen LogP contribution in [-0.4, -0.2) is 22.9 Å². The maximum atomic E-state index is 6.50. The Labute approximate surface area is 128 Å². The topological polar surface area (TPSA) is 35.0 Å². The van der Waals surface area contributed by atoms with E-state index in [-0.39, 0.29) is 11.5 Å². The normalized spacial score (nSPS) is 23.9. The molecule has 1 aromatic carbocycles. The molecule has 3 atom stereocenters.